The summed E-state index contributed by atoms with van der Waals surface area (Å²) in [5, 5.41) is 17.7. The Balaban J connectivity index is 2.20. The van der Waals surface area contributed by atoms with Gasteiger partial charge in [-0.1, -0.05) is 29.8 Å². The van der Waals surface area contributed by atoms with Gasteiger partial charge in [0.1, 0.15) is 17.2 Å². The summed E-state index contributed by atoms with van der Waals surface area (Å²) in [5.41, 5.74) is 5.52. The minimum absolute atomic E-state index is 0.207. The second kappa shape index (κ2) is 5.56. The number of hydrogen-bond acceptors (Lipinski definition) is 3. The maximum atomic E-state index is 10.2. The summed E-state index contributed by atoms with van der Waals surface area (Å²) in [7, 11) is 1.61. The lowest BCUT2D eigenvalue weighted by Crippen LogP contribution is -1.88. The zero-order valence-corrected chi connectivity index (χ0v) is 12.8. The Morgan fingerprint density at radius 3 is 2.45 bits per heavy atom. The third-order valence-electron chi connectivity index (χ3n) is 3.75. The van der Waals surface area contributed by atoms with Crippen LogP contribution in [0.5, 0.6) is 11.5 Å². The number of phenols is 1. The van der Waals surface area contributed by atoms with E-state index in [1.807, 2.05) is 32.0 Å². The summed E-state index contributed by atoms with van der Waals surface area (Å²) >= 11 is 0. The fourth-order valence-electron chi connectivity index (χ4n) is 2.52. The van der Waals surface area contributed by atoms with Crippen molar-refractivity contribution in [3.63, 3.8) is 0 Å². The van der Waals surface area contributed by atoms with E-state index in [1.54, 1.807) is 19.2 Å². The van der Waals surface area contributed by atoms with Crippen molar-refractivity contribution in [2.24, 2.45) is 0 Å². The standard InChI is InChI=1S/C18H18N2O2/c1-11-4-6-13(7-5-11)18-17(12(2)19-20-18)15-10-14(22-3)8-9-16(15)21/h4-10,21H,1-3H3,(H,19,20). The number of aromatic hydroxyl groups is 1. The van der Waals surface area contributed by atoms with E-state index in [9.17, 15) is 5.11 Å². The van der Waals surface area contributed by atoms with E-state index in [4.69, 9.17) is 4.74 Å². The molecule has 2 N–H and O–H groups in total. The second-order valence-electron chi connectivity index (χ2n) is 5.32. The van der Waals surface area contributed by atoms with Crippen molar-refractivity contribution in [1.29, 1.82) is 0 Å². The predicted molar refractivity (Wildman–Crippen MR) is 87.2 cm³/mol. The molecule has 0 aliphatic carbocycles. The molecule has 0 amide bonds. The molecule has 0 aliphatic heterocycles. The molecule has 2 aromatic carbocycles. The zero-order chi connectivity index (χ0) is 15.7. The lowest BCUT2D eigenvalue weighted by molar-refractivity contribution is 0.412. The van der Waals surface area contributed by atoms with Crippen molar-refractivity contribution < 1.29 is 9.84 Å². The molecule has 22 heavy (non-hydrogen) atoms. The molecule has 1 aromatic heterocycles. The van der Waals surface area contributed by atoms with Gasteiger partial charge in [0.05, 0.1) is 7.11 Å². The van der Waals surface area contributed by atoms with Crippen molar-refractivity contribution in [2.75, 3.05) is 7.11 Å². The number of phenolic OH excluding ortho intramolecular Hbond substituents is 1. The fourth-order valence-corrected chi connectivity index (χ4v) is 2.52. The highest BCUT2D eigenvalue weighted by molar-refractivity contribution is 5.85. The molecular weight excluding hydrogens is 276 g/mol. The molecule has 0 atom stereocenters. The Hall–Kier alpha value is -2.75. The number of hydrogen-bond donors (Lipinski definition) is 2. The van der Waals surface area contributed by atoms with Gasteiger partial charge in [0.15, 0.2) is 0 Å². The first-order valence-electron chi connectivity index (χ1n) is 7.09. The average Bonchev–Trinajstić information content (AvgIpc) is 2.90. The number of aryl methyl sites for hydroxylation is 2. The first-order valence-corrected chi connectivity index (χ1v) is 7.09. The molecule has 0 bridgehead atoms. The van der Waals surface area contributed by atoms with Crippen LogP contribution in [-0.2, 0) is 0 Å². The van der Waals surface area contributed by atoms with E-state index in [2.05, 4.69) is 22.3 Å². The molecule has 4 nitrogen and oxygen atoms in total. The van der Waals surface area contributed by atoms with E-state index >= 15 is 0 Å². The minimum Gasteiger partial charge on any atom is -0.507 e. The summed E-state index contributed by atoms with van der Waals surface area (Å²) in [4.78, 5) is 0. The number of aromatic amines is 1. The van der Waals surface area contributed by atoms with Gasteiger partial charge in [-0.05, 0) is 32.0 Å². The first-order chi connectivity index (χ1) is 10.6. The number of methoxy groups -OCH3 is 1. The summed E-state index contributed by atoms with van der Waals surface area (Å²) in [6, 6.07) is 13.4. The molecule has 0 saturated carbocycles. The molecule has 0 radical (unpaired) electrons. The molecule has 0 unspecified atom stereocenters. The monoisotopic (exact) mass is 294 g/mol. The summed E-state index contributed by atoms with van der Waals surface area (Å²) in [6.07, 6.45) is 0. The topological polar surface area (TPSA) is 58.1 Å². The van der Waals surface area contributed by atoms with Gasteiger partial charge >= 0.3 is 0 Å². The Kier molecular flexibility index (Phi) is 3.59. The molecule has 4 heteroatoms. The number of benzene rings is 2. The number of aromatic nitrogens is 2. The van der Waals surface area contributed by atoms with Crippen molar-refractivity contribution in [2.45, 2.75) is 13.8 Å². The molecular formula is C18H18N2O2. The van der Waals surface area contributed by atoms with Crippen LogP contribution >= 0.6 is 0 Å². The van der Waals surface area contributed by atoms with Crippen LogP contribution in [0.25, 0.3) is 22.4 Å². The van der Waals surface area contributed by atoms with Gasteiger partial charge in [-0.25, -0.2) is 0 Å². The van der Waals surface area contributed by atoms with Gasteiger partial charge in [-0.2, -0.15) is 5.10 Å². The van der Waals surface area contributed by atoms with Crippen LogP contribution in [0.1, 0.15) is 11.3 Å². The van der Waals surface area contributed by atoms with Crippen LogP contribution in [0.15, 0.2) is 42.5 Å². The lowest BCUT2D eigenvalue weighted by atomic mass is 9.98. The molecule has 0 saturated heterocycles. The normalized spacial score (nSPS) is 10.7. The van der Waals surface area contributed by atoms with Crippen LogP contribution < -0.4 is 4.74 Å². The van der Waals surface area contributed by atoms with Crippen LogP contribution in [0.2, 0.25) is 0 Å². The number of nitrogens with zero attached hydrogens (tertiary/aromatic N) is 1. The molecule has 0 aliphatic rings. The molecule has 1 heterocycles. The average molecular weight is 294 g/mol. The maximum absolute atomic E-state index is 10.2. The quantitative estimate of drug-likeness (QED) is 0.765. The Morgan fingerprint density at radius 1 is 1.05 bits per heavy atom. The number of rotatable bonds is 3. The van der Waals surface area contributed by atoms with Crippen LogP contribution in [0, 0.1) is 13.8 Å². The Labute approximate surface area is 129 Å². The highest BCUT2D eigenvalue weighted by Crippen LogP contribution is 2.39. The number of nitrogens with one attached hydrogen (secondary N) is 1. The first kappa shape index (κ1) is 14.2. The molecule has 0 fully saturated rings. The fraction of sp³-hybridized carbons (Fsp3) is 0.167. The highest BCUT2D eigenvalue weighted by Gasteiger charge is 2.17. The zero-order valence-electron chi connectivity index (χ0n) is 12.8. The van der Waals surface area contributed by atoms with E-state index < -0.39 is 0 Å². The predicted octanol–water partition coefficient (Wildman–Crippen LogP) is 4.07. The van der Waals surface area contributed by atoms with E-state index in [0.29, 0.717) is 11.3 Å². The highest BCUT2D eigenvalue weighted by atomic mass is 16.5. The molecule has 3 rings (SSSR count). The molecule has 3 aromatic rings. The summed E-state index contributed by atoms with van der Waals surface area (Å²) in [6.45, 7) is 3.99. The Morgan fingerprint density at radius 2 is 1.77 bits per heavy atom. The van der Waals surface area contributed by atoms with Gasteiger partial charge < -0.3 is 9.84 Å². The largest absolute Gasteiger partial charge is 0.507 e. The third kappa shape index (κ3) is 2.44. The van der Waals surface area contributed by atoms with Crippen molar-refractivity contribution in [1.82, 2.24) is 10.2 Å². The second-order valence-corrected chi connectivity index (χ2v) is 5.32. The minimum atomic E-state index is 0.207. The van der Waals surface area contributed by atoms with E-state index in [1.165, 1.54) is 5.56 Å². The third-order valence-corrected chi connectivity index (χ3v) is 3.75. The van der Waals surface area contributed by atoms with Gasteiger partial charge in [0, 0.05) is 22.4 Å². The van der Waals surface area contributed by atoms with Gasteiger partial charge in [-0.3, -0.25) is 5.10 Å². The van der Waals surface area contributed by atoms with E-state index in [0.717, 1.165) is 22.5 Å². The van der Waals surface area contributed by atoms with Gasteiger partial charge in [-0.15, -0.1) is 0 Å². The lowest BCUT2D eigenvalue weighted by Gasteiger charge is -2.09. The number of H-pyrrole nitrogens is 1. The van der Waals surface area contributed by atoms with Crippen molar-refractivity contribution in [3.8, 4) is 33.9 Å². The maximum Gasteiger partial charge on any atom is 0.123 e. The van der Waals surface area contributed by atoms with Crippen molar-refractivity contribution >= 4 is 0 Å². The number of ether oxygens (including phenoxy) is 1. The van der Waals surface area contributed by atoms with Gasteiger partial charge in [0.2, 0.25) is 0 Å². The van der Waals surface area contributed by atoms with Crippen LogP contribution in [-0.4, -0.2) is 22.4 Å². The SMILES string of the molecule is COc1ccc(O)c(-c2c(-c3ccc(C)cc3)n[nH]c2C)c1. The van der Waals surface area contributed by atoms with Crippen LogP contribution in [0.4, 0.5) is 0 Å². The van der Waals surface area contributed by atoms with E-state index in [-0.39, 0.29) is 5.75 Å². The van der Waals surface area contributed by atoms with Crippen molar-refractivity contribution in [3.05, 3.63) is 53.7 Å². The summed E-state index contributed by atoms with van der Waals surface area (Å²) in [5.74, 6) is 0.905. The Bertz CT molecular complexity index is 804. The molecule has 0 spiro atoms. The van der Waals surface area contributed by atoms with Crippen LogP contribution in [0.3, 0.4) is 0 Å². The smallest absolute Gasteiger partial charge is 0.123 e. The van der Waals surface area contributed by atoms with Gasteiger partial charge in [0.25, 0.3) is 0 Å². The molecule has 112 valence electrons. The summed E-state index contributed by atoms with van der Waals surface area (Å²) < 4.78 is 5.27.